The molecule has 0 spiro atoms. The van der Waals surface area contributed by atoms with Crippen LogP contribution in [0.3, 0.4) is 0 Å². The van der Waals surface area contributed by atoms with Crippen LogP contribution in [0.5, 0.6) is 0 Å². The van der Waals surface area contributed by atoms with E-state index in [2.05, 4.69) is 10.3 Å². The Morgan fingerprint density at radius 3 is 2.57 bits per heavy atom. The van der Waals surface area contributed by atoms with Gasteiger partial charge in [-0.05, 0) is 25.0 Å². The van der Waals surface area contributed by atoms with Crippen LogP contribution in [0.4, 0.5) is 8.78 Å². The maximum atomic E-state index is 13.5. The topological polar surface area (TPSA) is 69.9 Å². The van der Waals surface area contributed by atoms with E-state index in [1.54, 1.807) is 0 Å². The van der Waals surface area contributed by atoms with Crippen LogP contribution in [0.25, 0.3) is 5.52 Å². The molecule has 30 heavy (non-hydrogen) atoms. The maximum absolute atomic E-state index is 13.5. The van der Waals surface area contributed by atoms with E-state index in [1.165, 1.54) is 6.42 Å². The van der Waals surface area contributed by atoms with E-state index < -0.39 is 5.92 Å². The second-order valence-electron chi connectivity index (χ2n) is 8.87. The largest absolute Gasteiger partial charge is 0.396 e. The molecule has 164 valence electrons. The highest BCUT2D eigenvalue weighted by Crippen LogP contribution is 2.35. The molecule has 1 aliphatic carbocycles. The predicted molar refractivity (Wildman–Crippen MR) is 110 cm³/mol. The maximum Gasteiger partial charge on any atom is 0.272 e. The SMILES string of the molecule is O=C(NCC1(CO)CCCCC1)c1nc(CN2CCC(F)(F)CC2)n2ccccc12. The van der Waals surface area contributed by atoms with Crippen molar-refractivity contribution in [1.29, 1.82) is 0 Å². The number of piperidine rings is 1. The van der Waals surface area contributed by atoms with Gasteiger partial charge < -0.3 is 14.8 Å². The Bertz CT molecular complexity index is 882. The van der Waals surface area contributed by atoms with Gasteiger partial charge in [0.05, 0.1) is 18.7 Å². The highest BCUT2D eigenvalue weighted by molar-refractivity contribution is 5.99. The Morgan fingerprint density at radius 2 is 1.87 bits per heavy atom. The van der Waals surface area contributed by atoms with E-state index >= 15 is 0 Å². The van der Waals surface area contributed by atoms with Crippen LogP contribution in [0, 0.1) is 5.41 Å². The number of likely N-dealkylation sites (tertiary alicyclic amines) is 1. The van der Waals surface area contributed by atoms with Gasteiger partial charge in [-0.3, -0.25) is 9.69 Å². The quantitative estimate of drug-likeness (QED) is 0.753. The number of nitrogens with one attached hydrogen (secondary N) is 1. The highest BCUT2D eigenvalue weighted by atomic mass is 19.3. The number of nitrogens with zero attached hydrogens (tertiary/aromatic N) is 3. The van der Waals surface area contributed by atoms with Gasteiger partial charge in [-0.1, -0.05) is 25.3 Å². The van der Waals surface area contributed by atoms with Crippen LogP contribution in [-0.2, 0) is 6.54 Å². The molecule has 0 aromatic carbocycles. The van der Waals surface area contributed by atoms with E-state index in [1.807, 2.05) is 33.7 Å². The lowest BCUT2D eigenvalue weighted by molar-refractivity contribution is -0.0570. The number of pyridine rings is 1. The Labute approximate surface area is 175 Å². The van der Waals surface area contributed by atoms with E-state index in [9.17, 15) is 18.7 Å². The molecular formula is C22H30F2N4O2. The van der Waals surface area contributed by atoms with Crippen LogP contribution in [0.2, 0.25) is 0 Å². The van der Waals surface area contributed by atoms with Crippen molar-refractivity contribution in [2.45, 2.75) is 57.4 Å². The number of carbonyl (C=O) groups is 1. The molecule has 2 N–H and O–H groups in total. The van der Waals surface area contributed by atoms with Crippen molar-refractivity contribution < 1.29 is 18.7 Å². The summed E-state index contributed by atoms with van der Waals surface area (Å²) in [6, 6.07) is 5.57. The molecule has 1 aliphatic heterocycles. The summed E-state index contributed by atoms with van der Waals surface area (Å²) in [4.78, 5) is 19.5. The minimum absolute atomic E-state index is 0.0715. The van der Waals surface area contributed by atoms with Crippen LogP contribution in [0.1, 0.15) is 61.3 Å². The normalized spacial score (nSPS) is 21.6. The van der Waals surface area contributed by atoms with Crippen molar-refractivity contribution in [2.24, 2.45) is 5.41 Å². The number of aromatic nitrogens is 2. The van der Waals surface area contributed by atoms with Gasteiger partial charge in [-0.2, -0.15) is 0 Å². The molecule has 1 saturated heterocycles. The van der Waals surface area contributed by atoms with Gasteiger partial charge in [-0.25, -0.2) is 13.8 Å². The number of aliphatic hydroxyl groups is 1. The van der Waals surface area contributed by atoms with Gasteiger partial charge in [0, 0.05) is 44.1 Å². The Morgan fingerprint density at radius 1 is 1.13 bits per heavy atom. The smallest absolute Gasteiger partial charge is 0.272 e. The van der Waals surface area contributed by atoms with Crippen LogP contribution >= 0.6 is 0 Å². The Balaban J connectivity index is 1.49. The Hall–Kier alpha value is -2.06. The van der Waals surface area contributed by atoms with E-state index in [4.69, 9.17) is 0 Å². The molecule has 0 radical (unpaired) electrons. The number of fused-ring (bicyclic) bond motifs is 1. The molecule has 2 aliphatic rings. The van der Waals surface area contributed by atoms with Gasteiger partial charge >= 0.3 is 0 Å². The van der Waals surface area contributed by atoms with E-state index in [0.717, 1.165) is 25.7 Å². The second-order valence-corrected chi connectivity index (χ2v) is 8.87. The van der Waals surface area contributed by atoms with Gasteiger partial charge in [0.1, 0.15) is 5.82 Å². The standard InChI is InChI=1S/C22H30F2N4O2/c23-22(24)9-12-27(13-10-22)14-18-26-19(17-6-2-5-11-28(17)18)20(30)25-15-21(16-29)7-3-1-4-8-21/h2,5-6,11,29H,1,3-4,7-10,12-16H2,(H,25,30). The fourth-order valence-electron chi connectivity index (χ4n) is 4.66. The number of halogens is 2. The van der Waals surface area contributed by atoms with Crippen LogP contribution in [0.15, 0.2) is 24.4 Å². The first kappa shape index (κ1) is 21.2. The first-order valence-corrected chi connectivity index (χ1v) is 10.9. The molecule has 0 atom stereocenters. The van der Waals surface area contributed by atoms with Gasteiger partial charge in [0.15, 0.2) is 5.69 Å². The molecule has 1 saturated carbocycles. The minimum atomic E-state index is -2.59. The molecule has 3 heterocycles. The molecule has 0 bridgehead atoms. The molecule has 8 heteroatoms. The van der Waals surface area contributed by atoms with Crippen molar-refractivity contribution in [2.75, 3.05) is 26.2 Å². The molecular weight excluding hydrogens is 390 g/mol. The third-order valence-electron chi connectivity index (χ3n) is 6.66. The van der Waals surface area contributed by atoms with Crippen LogP contribution < -0.4 is 5.32 Å². The number of carbonyl (C=O) groups excluding carboxylic acids is 1. The lowest BCUT2D eigenvalue weighted by Crippen LogP contribution is -2.41. The van der Waals surface area contributed by atoms with Crippen LogP contribution in [-0.4, -0.2) is 57.5 Å². The fraction of sp³-hybridized carbons (Fsp3) is 0.636. The van der Waals surface area contributed by atoms with Crippen molar-refractivity contribution in [1.82, 2.24) is 19.6 Å². The molecule has 0 unspecified atom stereocenters. The molecule has 2 fully saturated rings. The lowest BCUT2D eigenvalue weighted by atomic mass is 9.74. The van der Waals surface area contributed by atoms with Gasteiger partial charge in [0.25, 0.3) is 11.8 Å². The zero-order valence-corrected chi connectivity index (χ0v) is 17.2. The van der Waals surface area contributed by atoms with E-state index in [0.29, 0.717) is 43.2 Å². The summed E-state index contributed by atoms with van der Waals surface area (Å²) in [6.45, 7) is 1.56. The summed E-state index contributed by atoms with van der Waals surface area (Å²) < 4.78 is 28.8. The molecule has 6 nitrogen and oxygen atoms in total. The van der Waals surface area contributed by atoms with Gasteiger partial charge in [-0.15, -0.1) is 0 Å². The predicted octanol–water partition coefficient (Wildman–Crippen LogP) is 3.24. The zero-order valence-electron chi connectivity index (χ0n) is 17.2. The average Bonchev–Trinajstić information content (AvgIpc) is 3.13. The summed E-state index contributed by atoms with van der Waals surface area (Å²) in [5.74, 6) is -2.16. The van der Waals surface area contributed by atoms with E-state index in [-0.39, 0.29) is 30.8 Å². The number of alkyl halides is 2. The first-order valence-electron chi connectivity index (χ1n) is 10.9. The molecule has 1 amide bonds. The number of hydrogen-bond donors (Lipinski definition) is 2. The van der Waals surface area contributed by atoms with Crippen molar-refractivity contribution in [3.8, 4) is 0 Å². The third-order valence-corrected chi connectivity index (χ3v) is 6.66. The summed E-state index contributed by atoms with van der Waals surface area (Å²) in [7, 11) is 0. The van der Waals surface area contributed by atoms with Crippen molar-refractivity contribution >= 4 is 11.4 Å². The first-order chi connectivity index (χ1) is 14.4. The van der Waals surface area contributed by atoms with Gasteiger partial charge in [0.2, 0.25) is 0 Å². The highest BCUT2D eigenvalue weighted by Gasteiger charge is 2.35. The third kappa shape index (κ3) is 4.49. The number of aliphatic hydroxyl groups excluding tert-OH is 1. The number of imidazole rings is 1. The summed E-state index contributed by atoms with van der Waals surface area (Å²) >= 11 is 0. The zero-order chi connectivity index (χ0) is 21.2. The summed E-state index contributed by atoms with van der Waals surface area (Å²) in [5.41, 5.74) is 0.802. The lowest BCUT2D eigenvalue weighted by Gasteiger charge is -2.35. The second kappa shape index (κ2) is 8.59. The molecule has 4 rings (SSSR count). The number of rotatable bonds is 6. The van der Waals surface area contributed by atoms with Crippen molar-refractivity contribution in [3.63, 3.8) is 0 Å². The van der Waals surface area contributed by atoms with Crippen molar-refractivity contribution in [3.05, 3.63) is 35.9 Å². The fourth-order valence-corrected chi connectivity index (χ4v) is 4.66. The molecule has 2 aromatic heterocycles. The monoisotopic (exact) mass is 420 g/mol. The molecule has 2 aromatic rings. The number of hydrogen-bond acceptors (Lipinski definition) is 4. The Kier molecular flexibility index (Phi) is 6.06. The average molecular weight is 421 g/mol. The summed E-state index contributed by atoms with van der Waals surface area (Å²) in [6.07, 6.45) is 6.71. The number of amides is 1. The minimum Gasteiger partial charge on any atom is -0.396 e. The summed E-state index contributed by atoms with van der Waals surface area (Å²) in [5, 5.41) is 12.9.